The Labute approximate surface area is 148 Å². The van der Waals surface area contributed by atoms with Crippen LogP contribution < -0.4 is 4.90 Å². The van der Waals surface area contributed by atoms with Crippen LogP contribution in [0.2, 0.25) is 0 Å². The molecule has 0 spiro atoms. The van der Waals surface area contributed by atoms with Gasteiger partial charge in [0.2, 0.25) is 0 Å². The summed E-state index contributed by atoms with van der Waals surface area (Å²) in [6.07, 6.45) is 2.16. The van der Waals surface area contributed by atoms with Gasteiger partial charge in [-0.05, 0) is 30.9 Å². The van der Waals surface area contributed by atoms with Crippen LogP contribution in [0.1, 0.15) is 25.8 Å². The van der Waals surface area contributed by atoms with Gasteiger partial charge < -0.3 is 14.4 Å². The summed E-state index contributed by atoms with van der Waals surface area (Å²) in [5.74, 6) is -1.20. The molecule has 0 saturated heterocycles. The summed E-state index contributed by atoms with van der Waals surface area (Å²) in [4.78, 5) is 28.0. The number of hydrogen-bond donors (Lipinski definition) is 0. The van der Waals surface area contributed by atoms with Gasteiger partial charge in [-0.3, -0.25) is 9.59 Å². The normalized spacial score (nSPS) is 31.9. The molecule has 134 valence electrons. The molecule has 1 aromatic rings. The first-order valence-corrected chi connectivity index (χ1v) is 8.40. The Bertz CT molecular complexity index is 742. The van der Waals surface area contributed by atoms with Gasteiger partial charge in [-0.2, -0.15) is 0 Å². The van der Waals surface area contributed by atoms with E-state index >= 15 is 0 Å². The highest BCUT2D eigenvalue weighted by atomic mass is 16.5. The molecule has 1 aliphatic carbocycles. The van der Waals surface area contributed by atoms with Crippen LogP contribution in [-0.2, 0) is 24.5 Å². The second kappa shape index (κ2) is 5.35. The number of benzene rings is 1. The van der Waals surface area contributed by atoms with E-state index in [1.165, 1.54) is 14.2 Å². The maximum atomic E-state index is 13.0. The van der Waals surface area contributed by atoms with Gasteiger partial charge in [0.25, 0.3) is 0 Å². The molecule has 1 saturated carbocycles. The average Bonchev–Trinajstić information content (AvgIpc) is 2.96. The smallest absolute Gasteiger partial charge is 0.325 e. The molecule has 0 unspecified atom stereocenters. The van der Waals surface area contributed by atoms with E-state index in [0.29, 0.717) is 6.42 Å². The summed E-state index contributed by atoms with van der Waals surface area (Å²) in [5, 5.41) is 0. The molecule has 5 nitrogen and oxygen atoms in total. The molecular weight excluding hydrogens is 318 g/mol. The zero-order valence-electron chi connectivity index (χ0n) is 15.5. The number of carbonyl (C=O) groups is 2. The van der Waals surface area contributed by atoms with Crippen molar-refractivity contribution in [3.8, 4) is 0 Å². The number of para-hydroxylation sites is 1. The van der Waals surface area contributed by atoms with E-state index in [2.05, 4.69) is 19.6 Å². The average molecular weight is 343 g/mol. The Kier molecular flexibility index (Phi) is 3.75. The first-order valence-electron chi connectivity index (χ1n) is 8.40. The van der Waals surface area contributed by atoms with Crippen LogP contribution in [-0.4, -0.2) is 38.7 Å². The van der Waals surface area contributed by atoms with Gasteiger partial charge in [0.15, 0.2) is 5.41 Å². The minimum absolute atomic E-state index is 0.0817. The number of allylic oxidation sites excluding steroid dienone is 1. The van der Waals surface area contributed by atoms with E-state index in [1.54, 1.807) is 0 Å². The van der Waals surface area contributed by atoms with Gasteiger partial charge in [-0.25, -0.2) is 0 Å². The van der Waals surface area contributed by atoms with Gasteiger partial charge in [-0.15, -0.1) is 6.58 Å². The largest absolute Gasteiger partial charge is 0.468 e. The molecule has 5 heteroatoms. The molecule has 0 N–H and O–H groups in total. The Hall–Kier alpha value is -2.30. The van der Waals surface area contributed by atoms with Crippen molar-refractivity contribution < 1.29 is 19.1 Å². The molecule has 3 atom stereocenters. The van der Waals surface area contributed by atoms with Crippen LogP contribution in [0.4, 0.5) is 5.69 Å². The van der Waals surface area contributed by atoms with E-state index in [9.17, 15) is 9.59 Å². The monoisotopic (exact) mass is 343 g/mol. The van der Waals surface area contributed by atoms with E-state index in [-0.39, 0.29) is 5.92 Å². The van der Waals surface area contributed by atoms with E-state index in [1.807, 2.05) is 43.1 Å². The number of likely N-dealkylation sites (N-methyl/N-ethyl adjacent to an activating group) is 1. The lowest BCUT2D eigenvalue weighted by molar-refractivity contribution is -0.173. The highest BCUT2D eigenvalue weighted by Gasteiger charge is 2.79. The maximum Gasteiger partial charge on any atom is 0.325 e. The van der Waals surface area contributed by atoms with E-state index in [4.69, 9.17) is 9.47 Å². The van der Waals surface area contributed by atoms with Crippen LogP contribution in [0, 0.1) is 11.3 Å². The predicted octanol–water partition coefficient (Wildman–Crippen LogP) is 2.69. The number of ether oxygens (including phenoxy) is 2. The second-order valence-corrected chi connectivity index (χ2v) is 7.29. The number of anilines is 1. The summed E-state index contributed by atoms with van der Waals surface area (Å²) < 4.78 is 10.2. The minimum atomic E-state index is -1.43. The number of nitrogens with zero attached hydrogens (tertiary/aromatic N) is 1. The molecule has 2 aliphatic rings. The Balaban J connectivity index is 2.39. The van der Waals surface area contributed by atoms with Crippen LogP contribution in [0.25, 0.3) is 0 Å². The highest BCUT2D eigenvalue weighted by molar-refractivity contribution is 6.04. The highest BCUT2D eigenvalue weighted by Crippen LogP contribution is 2.69. The second-order valence-electron chi connectivity index (χ2n) is 7.29. The van der Waals surface area contributed by atoms with Crippen molar-refractivity contribution in [3.63, 3.8) is 0 Å². The Morgan fingerprint density at radius 1 is 1.20 bits per heavy atom. The molecule has 0 amide bonds. The molecule has 1 fully saturated rings. The molecule has 25 heavy (non-hydrogen) atoms. The summed E-state index contributed by atoms with van der Waals surface area (Å²) in [6, 6.07) is 8.03. The van der Waals surface area contributed by atoms with Crippen LogP contribution in [0.15, 0.2) is 36.9 Å². The van der Waals surface area contributed by atoms with Crippen molar-refractivity contribution in [2.45, 2.75) is 31.2 Å². The third-order valence-electron chi connectivity index (χ3n) is 6.96. The number of methoxy groups -OCH3 is 2. The lowest BCUT2D eigenvalue weighted by Crippen LogP contribution is -2.65. The third kappa shape index (κ3) is 1.64. The standard InChI is InChI=1S/C20H25NO4/c1-7-13-12-20(16(22)24-5,17(23)25-6)19(3)18(13,2)14-10-8-9-11-15(14)21(19)4/h7-11,13H,1,12H2,2-6H3/t13-,18+,19-/m1/s1. The maximum absolute atomic E-state index is 13.0. The summed E-state index contributed by atoms with van der Waals surface area (Å²) in [5.41, 5.74) is -0.640. The quantitative estimate of drug-likeness (QED) is 0.480. The van der Waals surface area contributed by atoms with Crippen LogP contribution in [0.5, 0.6) is 0 Å². The zero-order valence-corrected chi connectivity index (χ0v) is 15.5. The van der Waals surface area contributed by atoms with Gasteiger partial charge in [0, 0.05) is 18.2 Å². The van der Waals surface area contributed by atoms with Gasteiger partial charge in [0.05, 0.1) is 19.8 Å². The SMILES string of the molecule is C=C[C@@H]1CC(C(=O)OC)(C(=O)OC)[C@]2(C)N(C)c3ccccc3[C@]12C. The van der Waals surface area contributed by atoms with Crippen molar-refractivity contribution in [1.82, 2.24) is 0 Å². The third-order valence-corrected chi connectivity index (χ3v) is 6.96. The van der Waals surface area contributed by atoms with Gasteiger partial charge in [0.1, 0.15) is 0 Å². The zero-order chi connectivity index (χ0) is 18.6. The van der Waals surface area contributed by atoms with Crippen molar-refractivity contribution >= 4 is 17.6 Å². The molecule has 3 rings (SSSR count). The molecule has 0 aromatic heterocycles. The predicted molar refractivity (Wildman–Crippen MR) is 95.4 cm³/mol. The molecule has 1 aromatic carbocycles. The number of hydrogen-bond acceptors (Lipinski definition) is 5. The van der Waals surface area contributed by atoms with Crippen LogP contribution >= 0.6 is 0 Å². The first kappa shape index (κ1) is 17.5. The van der Waals surface area contributed by atoms with Gasteiger partial charge in [-0.1, -0.05) is 31.2 Å². The summed E-state index contributed by atoms with van der Waals surface area (Å²) in [6.45, 7) is 8.06. The number of carbonyl (C=O) groups excluding carboxylic acids is 2. The fourth-order valence-corrected chi connectivity index (χ4v) is 5.39. The van der Waals surface area contributed by atoms with Crippen LogP contribution in [0.3, 0.4) is 0 Å². The first-order chi connectivity index (χ1) is 11.8. The number of rotatable bonds is 3. The molecule has 1 heterocycles. The minimum Gasteiger partial charge on any atom is -0.468 e. The van der Waals surface area contributed by atoms with Gasteiger partial charge >= 0.3 is 11.9 Å². The fourth-order valence-electron chi connectivity index (χ4n) is 5.39. The van der Waals surface area contributed by atoms with E-state index in [0.717, 1.165) is 11.3 Å². The van der Waals surface area contributed by atoms with Crippen molar-refractivity contribution in [2.75, 3.05) is 26.2 Å². The van der Waals surface area contributed by atoms with Crippen molar-refractivity contribution in [3.05, 3.63) is 42.5 Å². The number of fused-ring (bicyclic) bond motifs is 3. The molecular formula is C20H25NO4. The molecule has 1 aliphatic heterocycles. The Morgan fingerprint density at radius 2 is 1.76 bits per heavy atom. The number of esters is 2. The lowest BCUT2D eigenvalue weighted by Gasteiger charge is -2.48. The fraction of sp³-hybridized carbons (Fsp3) is 0.500. The lowest BCUT2D eigenvalue weighted by atomic mass is 9.61. The van der Waals surface area contributed by atoms with Crippen molar-refractivity contribution in [2.24, 2.45) is 11.3 Å². The van der Waals surface area contributed by atoms with Crippen molar-refractivity contribution in [1.29, 1.82) is 0 Å². The summed E-state index contributed by atoms with van der Waals surface area (Å²) >= 11 is 0. The van der Waals surface area contributed by atoms with E-state index < -0.39 is 28.3 Å². The Morgan fingerprint density at radius 3 is 2.28 bits per heavy atom. The molecule has 0 bridgehead atoms. The topological polar surface area (TPSA) is 55.8 Å². The summed E-state index contributed by atoms with van der Waals surface area (Å²) in [7, 11) is 4.56. The molecule has 0 radical (unpaired) electrons.